The van der Waals surface area contributed by atoms with Crippen LogP contribution in [0.1, 0.15) is 77.6 Å². The molecule has 0 rings (SSSR count). The fraction of sp³-hybridized carbons (Fsp3) is 0.895. The van der Waals surface area contributed by atoms with Gasteiger partial charge in [0.2, 0.25) is 5.91 Å². The molecule has 0 saturated heterocycles. The van der Waals surface area contributed by atoms with Crippen LogP contribution >= 0.6 is 0 Å². The van der Waals surface area contributed by atoms with E-state index in [2.05, 4.69) is 16.7 Å². The average Bonchev–Trinajstić information content (AvgIpc) is 2.64. The summed E-state index contributed by atoms with van der Waals surface area (Å²) in [6.45, 7) is 1.74. The predicted octanol–water partition coefficient (Wildman–Crippen LogP) is 2.58. The minimum atomic E-state index is -1.08. The van der Waals surface area contributed by atoms with Crippen LogP contribution in [0.25, 0.3) is 0 Å². The number of amides is 1. The van der Waals surface area contributed by atoms with Crippen molar-refractivity contribution in [2.75, 3.05) is 26.8 Å². The second-order valence-electron chi connectivity index (χ2n) is 6.72. The highest BCUT2D eigenvalue weighted by atomic mass is 17.2. The van der Waals surface area contributed by atoms with Crippen molar-refractivity contribution in [2.45, 2.75) is 83.7 Å². The van der Waals surface area contributed by atoms with E-state index in [1.807, 2.05) is 0 Å². The number of carbonyl (C=O) groups excluding carboxylic acids is 2. The smallest absolute Gasteiger partial charge is 0.344 e. The molecule has 0 aliphatic carbocycles. The molecule has 0 fully saturated rings. The second-order valence-corrected chi connectivity index (χ2v) is 6.72. The molecule has 0 aromatic carbocycles. The fourth-order valence-electron chi connectivity index (χ4n) is 2.43. The first kappa shape index (κ1) is 24.8. The molecule has 26 heavy (non-hydrogen) atoms. The zero-order chi connectivity index (χ0) is 19.6. The first-order chi connectivity index (χ1) is 12.5. The Bertz CT molecular complexity index is 364. The van der Waals surface area contributed by atoms with Crippen molar-refractivity contribution in [1.29, 1.82) is 0 Å². The molecule has 0 heterocycles. The standard InChI is InChI=1S/C19H37NO6/c1-3-4-5-6-7-8-9-10-11-12-18(23)20(2)14-13-19(24)26-25-16-17(22)15-21/h17,21-22H,3-16H2,1-2H3. The number of aliphatic hydroxyl groups is 2. The molecule has 1 atom stereocenters. The van der Waals surface area contributed by atoms with Gasteiger partial charge in [-0.3, -0.25) is 9.68 Å². The third-order valence-electron chi connectivity index (χ3n) is 4.19. The third kappa shape index (κ3) is 15.1. The first-order valence-electron chi connectivity index (χ1n) is 9.86. The summed E-state index contributed by atoms with van der Waals surface area (Å²) in [5.41, 5.74) is 0. The van der Waals surface area contributed by atoms with Crippen molar-refractivity contribution in [2.24, 2.45) is 0 Å². The average molecular weight is 376 g/mol. The van der Waals surface area contributed by atoms with Gasteiger partial charge in [0.15, 0.2) is 0 Å². The highest BCUT2D eigenvalue weighted by Gasteiger charge is 2.12. The summed E-state index contributed by atoms with van der Waals surface area (Å²) in [5, 5.41) is 17.6. The summed E-state index contributed by atoms with van der Waals surface area (Å²) in [4.78, 5) is 33.9. The maximum absolute atomic E-state index is 12.0. The van der Waals surface area contributed by atoms with Crippen LogP contribution in [0, 0.1) is 0 Å². The lowest BCUT2D eigenvalue weighted by Gasteiger charge is -2.16. The van der Waals surface area contributed by atoms with Gasteiger partial charge in [-0.25, -0.2) is 4.79 Å². The van der Waals surface area contributed by atoms with E-state index in [0.717, 1.165) is 12.8 Å². The lowest BCUT2D eigenvalue weighted by Crippen LogP contribution is -2.29. The van der Waals surface area contributed by atoms with E-state index in [1.165, 1.54) is 49.8 Å². The van der Waals surface area contributed by atoms with E-state index in [4.69, 9.17) is 10.2 Å². The Labute approximate surface area is 157 Å². The quantitative estimate of drug-likeness (QED) is 0.230. The van der Waals surface area contributed by atoms with Crippen LogP contribution in [0.5, 0.6) is 0 Å². The van der Waals surface area contributed by atoms with Gasteiger partial charge in [0.1, 0.15) is 12.7 Å². The predicted molar refractivity (Wildman–Crippen MR) is 99.2 cm³/mol. The Balaban J connectivity index is 3.57. The number of carbonyl (C=O) groups is 2. The molecule has 7 heteroatoms. The first-order valence-corrected chi connectivity index (χ1v) is 9.86. The van der Waals surface area contributed by atoms with E-state index in [1.54, 1.807) is 7.05 Å². The summed E-state index contributed by atoms with van der Waals surface area (Å²) in [6.07, 6.45) is 10.3. The minimum Gasteiger partial charge on any atom is -0.394 e. The van der Waals surface area contributed by atoms with Crippen molar-refractivity contribution in [3.8, 4) is 0 Å². The lowest BCUT2D eigenvalue weighted by molar-refractivity contribution is -0.282. The van der Waals surface area contributed by atoms with E-state index in [9.17, 15) is 9.59 Å². The Hall–Kier alpha value is -1.18. The second kappa shape index (κ2) is 17.2. The summed E-state index contributed by atoms with van der Waals surface area (Å²) < 4.78 is 0. The van der Waals surface area contributed by atoms with E-state index >= 15 is 0 Å². The number of unbranched alkanes of at least 4 members (excludes halogenated alkanes) is 8. The van der Waals surface area contributed by atoms with Gasteiger partial charge < -0.3 is 15.1 Å². The number of nitrogens with zero attached hydrogens (tertiary/aromatic N) is 1. The maximum Gasteiger partial charge on any atom is 0.344 e. The SMILES string of the molecule is CCCCCCCCCCCC(=O)N(C)CCC(=O)OOCC(O)CO. The molecule has 0 radical (unpaired) electrons. The Kier molecular flexibility index (Phi) is 16.5. The molecule has 1 unspecified atom stereocenters. The van der Waals surface area contributed by atoms with Crippen molar-refractivity contribution < 1.29 is 29.6 Å². The molecule has 0 aromatic heterocycles. The molecule has 154 valence electrons. The van der Waals surface area contributed by atoms with Gasteiger partial charge in [-0.2, -0.15) is 4.89 Å². The van der Waals surface area contributed by atoms with E-state index < -0.39 is 18.7 Å². The van der Waals surface area contributed by atoms with Gasteiger partial charge in [-0.05, 0) is 6.42 Å². The molecule has 0 spiro atoms. The molecule has 2 N–H and O–H groups in total. The number of rotatable bonds is 17. The zero-order valence-corrected chi connectivity index (χ0v) is 16.5. The van der Waals surface area contributed by atoms with Gasteiger partial charge in [0.05, 0.1) is 13.0 Å². The van der Waals surface area contributed by atoms with Crippen molar-refractivity contribution in [3.05, 3.63) is 0 Å². The lowest BCUT2D eigenvalue weighted by atomic mass is 10.1. The Morgan fingerprint density at radius 1 is 0.962 bits per heavy atom. The summed E-state index contributed by atoms with van der Waals surface area (Å²) >= 11 is 0. The molecule has 0 bridgehead atoms. The van der Waals surface area contributed by atoms with Crippen LogP contribution in [0.15, 0.2) is 0 Å². The van der Waals surface area contributed by atoms with Crippen LogP contribution < -0.4 is 0 Å². The molecular weight excluding hydrogens is 338 g/mol. The highest BCUT2D eigenvalue weighted by molar-refractivity contribution is 5.76. The fourth-order valence-corrected chi connectivity index (χ4v) is 2.43. The largest absolute Gasteiger partial charge is 0.394 e. The zero-order valence-electron chi connectivity index (χ0n) is 16.5. The van der Waals surface area contributed by atoms with Crippen molar-refractivity contribution in [1.82, 2.24) is 4.90 Å². The Morgan fingerprint density at radius 3 is 2.12 bits per heavy atom. The van der Waals surface area contributed by atoms with Gasteiger partial charge in [-0.15, -0.1) is 0 Å². The van der Waals surface area contributed by atoms with Crippen LogP contribution in [0.2, 0.25) is 0 Å². The van der Waals surface area contributed by atoms with Crippen molar-refractivity contribution >= 4 is 11.9 Å². The van der Waals surface area contributed by atoms with Crippen molar-refractivity contribution in [3.63, 3.8) is 0 Å². The third-order valence-corrected chi connectivity index (χ3v) is 4.19. The normalized spacial score (nSPS) is 12.0. The maximum atomic E-state index is 12.0. The van der Waals surface area contributed by atoms with Crippen LogP contribution in [-0.2, 0) is 19.4 Å². The van der Waals surface area contributed by atoms with Crippen LogP contribution in [0.3, 0.4) is 0 Å². The number of hydrogen-bond donors (Lipinski definition) is 2. The summed E-state index contributed by atoms with van der Waals surface area (Å²) in [5.74, 6) is -0.588. The van der Waals surface area contributed by atoms with Crippen LogP contribution in [0.4, 0.5) is 0 Å². The van der Waals surface area contributed by atoms with Gasteiger partial charge in [-0.1, -0.05) is 58.3 Å². The molecule has 1 amide bonds. The summed E-state index contributed by atoms with van der Waals surface area (Å²) in [6, 6.07) is 0. The summed E-state index contributed by atoms with van der Waals surface area (Å²) in [7, 11) is 1.67. The molecule has 7 nitrogen and oxygen atoms in total. The molecular formula is C19H37NO6. The van der Waals surface area contributed by atoms with Gasteiger partial charge in [0, 0.05) is 20.0 Å². The highest BCUT2D eigenvalue weighted by Crippen LogP contribution is 2.11. The molecule has 0 aliphatic heterocycles. The monoisotopic (exact) mass is 375 g/mol. The number of aliphatic hydroxyl groups excluding tert-OH is 2. The van der Waals surface area contributed by atoms with E-state index in [-0.39, 0.29) is 25.5 Å². The van der Waals surface area contributed by atoms with E-state index in [0.29, 0.717) is 6.42 Å². The molecule has 0 aliphatic rings. The Morgan fingerprint density at radius 2 is 1.54 bits per heavy atom. The molecule has 0 aromatic rings. The molecule has 0 saturated carbocycles. The number of hydrogen-bond acceptors (Lipinski definition) is 6. The van der Waals surface area contributed by atoms with Gasteiger partial charge >= 0.3 is 5.97 Å². The topological polar surface area (TPSA) is 96.3 Å². The van der Waals surface area contributed by atoms with Crippen LogP contribution in [-0.4, -0.2) is 59.9 Å². The van der Waals surface area contributed by atoms with Gasteiger partial charge in [0.25, 0.3) is 0 Å². The minimum absolute atomic E-state index is 0.0230.